The Balaban J connectivity index is 1.89. The van der Waals surface area contributed by atoms with Gasteiger partial charge in [-0.2, -0.15) is 4.99 Å². The molecule has 0 saturated carbocycles. The van der Waals surface area contributed by atoms with Gasteiger partial charge in [0, 0.05) is 6.08 Å². The summed E-state index contributed by atoms with van der Waals surface area (Å²) in [5.41, 5.74) is 0.982. The van der Waals surface area contributed by atoms with Crippen LogP contribution < -0.4 is 4.74 Å². The Kier molecular flexibility index (Phi) is 3.50. The van der Waals surface area contributed by atoms with Crippen LogP contribution in [0.2, 0.25) is 0 Å². The van der Waals surface area contributed by atoms with Crippen LogP contribution in [-0.4, -0.2) is 29.2 Å². The normalized spacial score (nSPS) is 18.8. The molecule has 112 valence electrons. The number of hydrogen-bond acceptors (Lipinski definition) is 4. The summed E-state index contributed by atoms with van der Waals surface area (Å²) in [5, 5.41) is 9.37. The van der Waals surface area contributed by atoms with Gasteiger partial charge in [-0.25, -0.2) is 0 Å². The van der Waals surface area contributed by atoms with Crippen LogP contribution in [0, 0.1) is 5.41 Å². The van der Waals surface area contributed by atoms with Gasteiger partial charge in [0.2, 0.25) is 0 Å². The fourth-order valence-electron chi connectivity index (χ4n) is 2.19. The average molecular weight is 297 g/mol. The van der Waals surface area contributed by atoms with E-state index in [9.17, 15) is 4.79 Å². The number of amides is 1. The quantitative estimate of drug-likeness (QED) is 0.870. The van der Waals surface area contributed by atoms with Crippen molar-refractivity contribution in [2.24, 2.45) is 4.99 Å². The first-order valence-corrected chi connectivity index (χ1v) is 6.91. The summed E-state index contributed by atoms with van der Waals surface area (Å²) in [4.78, 5) is 21.4. The van der Waals surface area contributed by atoms with E-state index in [4.69, 9.17) is 15.0 Å². The molecule has 0 saturated heterocycles. The van der Waals surface area contributed by atoms with E-state index in [-0.39, 0.29) is 11.4 Å². The summed E-state index contributed by atoms with van der Waals surface area (Å²) < 4.78 is 5.37. The van der Waals surface area contributed by atoms with Crippen molar-refractivity contribution in [1.29, 1.82) is 5.41 Å². The summed E-state index contributed by atoms with van der Waals surface area (Å²) >= 11 is 0. The van der Waals surface area contributed by atoms with E-state index in [1.165, 1.54) is 5.06 Å². The Bertz CT molecular complexity index is 730. The highest BCUT2D eigenvalue weighted by atomic mass is 16.7. The Morgan fingerprint density at radius 3 is 2.77 bits per heavy atom. The summed E-state index contributed by atoms with van der Waals surface area (Å²) in [6, 6.07) is 7.29. The highest BCUT2D eigenvalue weighted by Crippen LogP contribution is 2.24. The van der Waals surface area contributed by atoms with Gasteiger partial charge < -0.3 is 9.57 Å². The van der Waals surface area contributed by atoms with Crippen LogP contribution in [0.3, 0.4) is 0 Å². The molecule has 6 nitrogen and oxygen atoms in total. The molecule has 1 N–H and O–H groups in total. The van der Waals surface area contributed by atoms with Gasteiger partial charge in [-0.3, -0.25) is 10.2 Å². The predicted molar refractivity (Wildman–Crippen MR) is 82.4 cm³/mol. The van der Waals surface area contributed by atoms with E-state index in [0.717, 1.165) is 11.3 Å². The lowest BCUT2D eigenvalue weighted by molar-refractivity contribution is -0.114. The number of ether oxygens (including phenoxy) is 1. The number of allylic oxidation sites excluding steroid dienone is 1. The maximum Gasteiger partial charge on any atom is 0.282 e. The second-order valence-corrected chi connectivity index (χ2v) is 4.82. The first kappa shape index (κ1) is 14.1. The molecule has 2 aliphatic heterocycles. The molecule has 0 bridgehead atoms. The molecule has 22 heavy (non-hydrogen) atoms. The Morgan fingerprint density at radius 2 is 2.09 bits per heavy atom. The van der Waals surface area contributed by atoms with Crippen LogP contribution in [0.4, 0.5) is 0 Å². The Morgan fingerprint density at radius 1 is 1.36 bits per heavy atom. The molecule has 3 rings (SSSR count). The molecule has 1 aromatic rings. The Hall–Kier alpha value is -2.89. The third kappa shape index (κ3) is 2.50. The van der Waals surface area contributed by atoms with Gasteiger partial charge in [0.15, 0.2) is 11.7 Å². The molecule has 2 aliphatic rings. The molecule has 6 heteroatoms. The van der Waals surface area contributed by atoms with E-state index < -0.39 is 5.91 Å². The summed E-state index contributed by atoms with van der Waals surface area (Å²) in [7, 11) is 0. The van der Waals surface area contributed by atoms with E-state index in [2.05, 4.69) is 4.99 Å². The molecule has 0 unspecified atom stereocenters. The second-order valence-electron chi connectivity index (χ2n) is 4.82. The number of hydrogen-bond donors (Lipinski definition) is 1. The number of rotatable bonds is 3. The standard InChI is InChI=1S/C16H15N3O3/c1-3-21-12-6-4-11(5-7-12)9-13-15(17)19-14(18-16(13)20)8-10(2)22-19/h4-9,17H,3H2,1-2H3/b13-9+,17-15?. The number of amidine groups is 2. The lowest BCUT2D eigenvalue weighted by atomic mass is 10.1. The van der Waals surface area contributed by atoms with Crippen molar-refractivity contribution < 1.29 is 14.4 Å². The monoisotopic (exact) mass is 297 g/mol. The van der Waals surface area contributed by atoms with Crippen molar-refractivity contribution in [2.45, 2.75) is 13.8 Å². The zero-order valence-electron chi connectivity index (χ0n) is 12.3. The topological polar surface area (TPSA) is 75.0 Å². The average Bonchev–Trinajstić information content (AvgIpc) is 2.86. The lowest BCUT2D eigenvalue weighted by Gasteiger charge is -2.22. The number of fused-ring (bicyclic) bond motifs is 1. The molecule has 0 aromatic heterocycles. The highest BCUT2D eigenvalue weighted by molar-refractivity contribution is 6.32. The molecule has 0 spiro atoms. The van der Waals surface area contributed by atoms with Crippen molar-refractivity contribution in [3.63, 3.8) is 0 Å². The number of carbonyl (C=O) groups is 1. The first-order valence-electron chi connectivity index (χ1n) is 6.91. The summed E-state index contributed by atoms with van der Waals surface area (Å²) in [6.45, 7) is 4.26. The number of carbonyl (C=O) groups excluding carboxylic acids is 1. The van der Waals surface area contributed by atoms with Crippen molar-refractivity contribution in [1.82, 2.24) is 5.06 Å². The van der Waals surface area contributed by atoms with Crippen LogP contribution in [0.25, 0.3) is 6.08 Å². The summed E-state index contributed by atoms with van der Waals surface area (Å²) in [5.74, 6) is 1.24. The van der Waals surface area contributed by atoms with Gasteiger partial charge >= 0.3 is 0 Å². The van der Waals surface area contributed by atoms with Crippen LogP contribution >= 0.6 is 0 Å². The first-order chi connectivity index (χ1) is 10.6. The Labute approximate surface area is 127 Å². The SMILES string of the molecule is CCOc1ccc(/C=C2\C(=N)N3OC(C)=CC3=NC2=O)cc1. The fraction of sp³-hybridized carbons (Fsp3) is 0.188. The molecule has 1 aromatic carbocycles. The molecule has 0 aliphatic carbocycles. The number of aliphatic imine (C=N–C) groups is 1. The lowest BCUT2D eigenvalue weighted by Crippen LogP contribution is -2.38. The van der Waals surface area contributed by atoms with Gasteiger partial charge in [0.25, 0.3) is 5.91 Å². The van der Waals surface area contributed by atoms with E-state index in [0.29, 0.717) is 18.2 Å². The van der Waals surface area contributed by atoms with Crippen molar-refractivity contribution in [2.75, 3.05) is 6.61 Å². The molecular weight excluding hydrogens is 282 g/mol. The predicted octanol–water partition coefficient (Wildman–Crippen LogP) is 2.54. The van der Waals surface area contributed by atoms with Crippen LogP contribution in [0.15, 0.2) is 46.7 Å². The zero-order chi connectivity index (χ0) is 15.7. The molecular formula is C16H15N3O3. The zero-order valence-corrected chi connectivity index (χ0v) is 12.3. The van der Waals surface area contributed by atoms with Gasteiger partial charge in [0.05, 0.1) is 12.2 Å². The van der Waals surface area contributed by atoms with Gasteiger partial charge in [0.1, 0.15) is 11.5 Å². The maximum absolute atomic E-state index is 12.1. The van der Waals surface area contributed by atoms with E-state index in [1.807, 2.05) is 31.2 Å². The van der Waals surface area contributed by atoms with Crippen molar-refractivity contribution in [3.8, 4) is 5.75 Å². The van der Waals surface area contributed by atoms with Gasteiger partial charge in [-0.1, -0.05) is 12.1 Å². The fourth-order valence-corrected chi connectivity index (χ4v) is 2.19. The minimum atomic E-state index is -0.445. The number of benzene rings is 1. The molecule has 0 radical (unpaired) electrons. The minimum absolute atomic E-state index is 0.0167. The van der Waals surface area contributed by atoms with Gasteiger partial charge in [-0.15, -0.1) is 5.06 Å². The number of nitrogens with one attached hydrogen (secondary N) is 1. The van der Waals surface area contributed by atoms with Crippen LogP contribution in [0.5, 0.6) is 5.75 Å². The second kappa shape index (κ2) is 5.48. The highest BCUT2D eigenvalue weighted by Gasteiger charge is 2.34. The largest absolute Gasteiger partial charge is 0.494 e. The molecule has 0 fully saturated rings. The van der Waals surface area contributed by atoms with E-state index in [1.54, 1.807) is 19.1 Å². The van der Waals surface area contributed by atoms with Crippen molar-refractivity contribution >= 4 is 23.7 Å². The molecule has 0 atom stereocenters. The van der Waals surface area contributed by atoms with E-state index >= 15 is 0 Å². The maximum atomic E-state index is 12.1. The number of nitrogens with zero attached hydrogens (tertiary/aromatic N) is 2. The molecule has 1 amide bonds. The number of hydroxylamine groups is 2. The van der Waals surface area contributed by atoms with Crippen LogP contribution in [-0.2, 0) is 9.63 Å². The summed E-state index contributed by atoms with van der Waals surface area (Å²) in [6.07, 6.45) is 3.25. The smallest absolute Gasteiger partial charge is 0.282 e. The van der Waals surface area contributed by atoms with Crippen molar-refractivity contribution in [3.05, 3.63) is 47.2 Å². The third-order valence-corrected chi connectivity index (χ3v) is 3.18. The third-order valence-electron chi connectivity index (χ3n) is 3.18. The minimum Gasteiger partial charge on any atom is -0.494 e. The van der Waals surface area contributed by atoms with Gasteiger partial charge in [-0.05, 0) is 37.6 Å². The molecule has 2 heterocycles. The van der Waals surface area contributed by atoms with Crippen LogP contribution in [0.1, 0.15) is 19.4 Å².